The third kappa shape index (κ3) is 5.39. The number of amides is 2. The van der Waals surface area contributed by atoms with Gasteiger partial charge in [-0.05, 0) is 33.0 Å². The van der Waals surface area contributed by atoms with E-state index in [2.05, 4.69) is 20.2 Å². The highest BCUT2D eigenvalue weighted by Gasteiger charge is 2.44. The van der Waals surface area contributed by atoms with Crippen LogP contribution in [0.1, 0.15) is 24.4 Å². The minimum atomic E-state index is -4.77. The number of nitrogens with zero attached hydrogens (tertiary/aromatic N) is 4. The van der Waals surface area contributed by atoms with E-state index < -0.39 is 18.2 Å². The molecule has 1 aliphatic rings. The quantitative estimate of drug-likeness (QED) is 0.690. The number of aromatic nitrogens is 2. The van der Waals surface area contributed by atoms with E-state index in [0.29, 0.717) is 24.1 Å². The van der Waals surface area contributed by atoms with Gasteiger partial charge in [-0.1, -0.05) is 35.3 Å². The number of carbonyl (C=O) groups excluding carboxylic acids is 1. The van der Waals surface area contributed by atoms with Gasteiger partial charge in [0.2, 0.25) is 0 Å². The van der Waals surface area contributed by atoms with Gasteiger partial charge >= 0.3 is 12.2 Å². The minimum absolute atomic E-state index is 0.0909. The summed E-state index contributed by atoms with van der Waals surface area (Å²) in [5.74, 6) is 0. The smallest absolute Gasteiger partial charge is 0.325 e. The van der Waals surface area contributed by atoms with E-state index in [1.54, 1.807) is 0 Å². The molecule has 1 aliphatic heterocycles. The van der Waals surface area contributed by atoms with Crippen molar-refractivity contribution >= 4 is 29.2 Å². The number of benzene rings is 1. The number of likely N-dealkylation sites (tertiary alicyclic amines) is 1. The van der Waals surface area contributed by atoms with Gasteiger partial charge in [-0.2, -0.15) is 13.2 Å². The van der Waals surface area contributed by atoms with Gasteiger partial charge in [-0.15, -0.1) is 0 Å². The van der Waals surface area contributed by atoms with E-state index >= 15 is 0 Å². The fraction of sp³-hybridized carbons (Fsp3) is 0.450. The van der Waals surface area contributed by atoms with Crippen molar-refractivity contribution in [3.8, 4) is 11.3 Å². The summed E-state index contributed by atoms with van der Waals surface area (Å²) < 4.78 is 41.7. The van der Waals surface area contributed by atoms with Gasteiger partial charge in [-0.25, -0.2) is 4.79 Å². The van der Waals surface area contributed by atoms with Crippen molar-refractivity contribution in [2.45, 2.75) is 31.1 Å². The molecule has 1 unspecified atom stereocenters. The van der Waals surface area contributed by atoms with Crippen LogP contribution in [0, 0.1) is 0 Å². The largest absolute Gasteiger partial charge is 0.412 e. The van der Waals surface area contributed by atoms with Crippen molar-refractivity contribution in [1.82, 2.24) is 25.1 Å². The lowest BCUT2D eigenvalue weighted by Gasteiger charge is -2.36. The van der Waals surface area contributed by atoms with Crippen molar-refractivity contribution in [3.63, 3.8) is 0 Å². The highest BCUT2D eigenvalue weighted by Crippen LogP contribution is 2.42. The van der Waals surface area contributed by atoms with E-state index in [-0.39, 0.29) is 21.7 Å². The highest BCUT2D eigenvalue weighted by molar-refractivity contribution is 6.44. The molecule has 0 bridgehead atoms. The number of alkyl halides is 3. The van der Waals surface area contributed by atoms with E-state index in [0.717, 1.165) is 13.1 Å². The van der Waals surface area contributed by atoms with Crippen LogP contribution in [0.2, 0.25) is 10.0 Å². The van der Waals surface area contributed by atoms with Crippen LogP contribution < -0.4 is 5.32 Å². The molecule has 0 spiro atoms. The average molecular weight is 476 g/mol. The summed E-state index contributed by atoms with van der Waals surface area (Å²) in [6.07, 6.45) is 0.933. The lowest BCUT2D eigenvalue weighted by molar-refractivity contribution is -0.155. The Bertz CT molecular complexity index is 921. The van der Waals surface area contributed by atoms with Crippen LogP contribution in [0.25, 0.3) is 11.3 Å². The Hall–Kier alpha value is -2.10. The molecule has 0 aliphatic carbocycles. The first-order valence-electron chi connectivity index (χ1n) is 9.62. The molecule has 1 saturated heterocycles. The molecular weight excluding hydrogens is 454 g/mol. The summed E-state index contributed by atoms with van der Waals surface area (Å²) in [6, 6.07) is -0.675. The molecule has 2 aromatic rings. The molecule has 0 radical (unpaired) electrons. The van der Waals surface area contributed by atoms with Crippen LogP contribution in [0.3, 0.4) is 0 Å². The Balaban J connectivity index is 1.86. The topological polar surface area (TPSA) is 61.4 Å². The number of carbonyl (C=O) groups is 1. The van der Waals surface area contributed by atoms with Crippen LogP contribution >= 0.6 is 23.2 Å². The Morgan fingerprint density at radius 1 is 1.23 bits per heavy atom. The Labute approximate surface area is 188 Å². The molecule has 11 heteroatoms. The molecule has 0 saturated carbocycles. The third-order valence-corrected chi connectivity index (χ3v) is 6.31. The number of piperidine rings is 1. The zero-order valence-electron chi connectivity index (χ0n) is 17.0. The van der Waals surface area contributed by atoms with Gasteiger partial charge in [0.1, 0.15) is 0 Å². The van der Waals surface area contributed by atoms with Crippen LogP contribution in [-0.4, -0.2) is 65.2 Å². The summed E-state index contributed by atoms with van der Waals surface area (Å²) in [7, 11) is 3.47. The molecule has 1 aromatic heterocycles. The molecule has 2 heterocycles. The Kier molecular flexibility index (Phi) is 7.28. The first-order chi connectivity index (χ1) is 14.6. The fourth-order valence-electron chi connectivity index (χ4n) is 3.53. The van der Waals surface area contributed by atoms with Gasteiger partial charge in [0, 0.05) is 36.6 Å². The van der Waals surface area contributed by atoms with E-state index in [1.165, 1.54) is 42.7 Å². The molecule has 1 aromatic carbocycles. The van der Waals surface area contributed by atoms with Crippen molar-refractivity contribution in [2.75, 3.05) is 27.2 Å². The maximum Gasteiger partial charge on any atom is 0.412 e. The van der Waals surface area contributed by atoms with Crippen LogP contribution in [0.15, 0.2) is 30.7 Å². The Morgan fingerprint density at radius 2 is 1.90 bits per heavy atom. The number of nitrogens with one attached hydrogen (secondary N) is 1. The molecular formula is C20H22Cl2F3N5O. The second kappa shape index (κ2) is 9.58. The van der Waals surface area contributed by atoms with Crippen LogP contribution in [-0.2, 0) is 0 Å². The predicted octanol–water partition coefficient (Wildman–Crippen LogP) is 4.79. The molecule has 3 rings (SSSR count). The summed E-state index contributed by atoms with van der Waals surface area (Å²) in [5, 5.41) is 1.70. The van der Waals surface area contributed by atoms with Crippen molar-refractivity contribution in [2.24, 2.45) is 0 Å². The molecule has 1 fully saturated rings. The number of halogens is 5. The zero-order valence-corrected chi connectivity index (χ0v) is 18.5. The van der Waals surface area contributed by atoms with E-state index in [4.69, 9.17) is 23.2 Å². The van der Waals surface area contributed by atoms with Crippen molar-refractivity contribution in [3.05, 3.63) is 46.3 Å². The SMILES string of the molecule is CN1CCC(N(C)C(=O)NC(c2ccc(-c3cnccn3)c(Cl)c2Cl)C(F)(F)F)CC1. The second-order valence-corrected chi connectivity index (χ2v) is 8.25. The van der Waals surface area contributed by atoms with E-state index in [9.17, 15) is 18.0 Å². The normalized spacial score (nSPS) is 16.7. The minimum Gasteiger partial charge on any atom is -0.325 e. The maximum absolute atomic E-state index is 13.9. The van der Waals surface area contributed by atoms with Gasteiger partial charge in [0.15, 0.2) is 6.04 Å². The van der Waals surface area contributed by atoms with E-state index in [1.807, 2.05) is 7.05 Å². The molecule has 31 heavy (non-hydrogen) atoms. The lowest BCUT2D eigenvalue weighted by Crippen LogP contribution is -2.50. The fourth-order valence-corrected chi connectivity index (χ4v) is 4.08. The number of hydrogen-bond donors (Lipinski definition) is 1. The maximum atomic E-state index is 13.9. The summed E-state index contributed by atoms with van der Waals surface area (Å²) in [6.45, 7) is 1.55. The number of hydrogen-bond acceptors (Lipinski definition) is 4. The summed E-state index contributed by atoms with van der Waals surface area (Å²) >= 11 is 12.5. The van der Waals surface area contributed by atoms with Gasteiger partial charge in [0.05, 0.1) is 21.9 Å². The van der Waals surface area contributed by atoms with Crippen LogP contribution in [0.4, 0.5) is 18.0 Å². The predicted molar refractivity (Wildman–Crippen MR) is 113 cm³/mol. The average Bonchev–Trinajstić information content (AvgIpc) is 2.74. The molecule has 1 N–H and O–H groups in total. The molecule has 6 nitrogen and oxygen atoms in total. The monoisotopic (exact) mass is 475 g/mol. The van der Waals surface area contributed by atoms with Crippen molar-refractivity contribution < 1.29 is 18.0 Å². The standard InChI is InChI=1S/C20H22Cl2F3N5O/c1-29-9-5-12(6-10-29)30(2)19(31)28-18(20(23,24)25)14-4-3-13(16(21)17(14)22)15-11-26-7-8-27-15/h3-4,7-8,11-12,18H,5-6,9-10H2,1-2H3,(H,28,31). The van der Waals surface area contributed by atoms with Crippen LogP contribution in [0.5, 0.6) is 0 Å². The first kappa shape index (κ1) is 23.6. The zero-order chi connectivity index (χ0) is 22.8. The molecule has 168 valence electrons. The second-order valence-electron chi connectivity index (χ2n) is 7.49. The van der Waals surface area contributed by atoms with Gasteiger partial charge < -0.3 is 15.1 Å². The first-order valence-corrected chi connectivity index (χ1v) is 10.4. The Morgan fingerprint density at radius 3 is 2.48 bits per heavy atom. The van der Waals surface area contributed by atoms with Gasteiger partial charge in [-0.3, -0.25) is 9.97 Å². The van der Waals surface area contributed by atoms with Gasteiger partial charge in [0.25, 0.3) is 0 Å². The molecule has 1 atom stereocenters. The molecule has 2 amide bonds. The lowest BCUT2D eigenvalue weighted by atomic mass is 10.0. The van der Waals surface area contributed by atoms with Crippen molar-refractivity contribution in [1.29, 1.82) is 0 Å². The highest BCUT2D eigenvalue weighted by atomic mass is 35.5. The third-order valence-electron chi connectivity index (χ3n) is 5.41. The summed E-state index contributed by atoms with van der Waals surface area (Å²) in [4.78, 5) is 24.1. The number of urea groups is 1. The summed E-state index contributed by atoms with van der Waals surface area (Å²) in [5.41, 5.74) is 0.381. The number of rotatable bonds is 4.